The van der Waals surface area contributed by atoms with Gasteiger partial charge < -0.3 is 15.5 Å². The Morgan fingerprint density at radius 1 is 1.15 bits per heavy atom. The summed E-state index contributed by atoms with van der Waals surface area (Å²) in [6, 6.07) is 8.56. The Bertz CT molecular complexity index is 713. The third-order valence-corrected chi connectivity index (χ3v) is 5.21. The van der Waals surface area contributed by atoms with Crippen molar-refractivity contribution in [2.24, 2.45) is 0 Å². The molecule has 27 heavy (non-hydrogen) atoms. The number of nitrogens with zero attached hydrogens (tertiary/aromatic N) is 4. The first-order chi connectivity index (χ1) is 13.1. The van der Waals surface area contributed by atoms with Gasteiger partial charge >= 0.3 is 0 Å². The molecule has 146 valence electrons. The van der Waals surface area contributed by atoms with Gasteiger partial charge in [-0.15, -0.1) is 0 Å². The van der Waals surface area contributed by atoms with Gasteiger partial charge in [-0.2, -0.15) is 4.98 Å². The lowest BCUT2D eigenvalue weighted by Gasteiger charge is -2.15. The SMILES string of the molecule is CN(C)CCCNc1nc(Nc2ccc(CN3CCCC3)cc2)ncc1Br. The number of hydrogen-bond acceptors (Lipinski definition) is 6. The van der Waals surface area contributed by atoms with Crippen LogP contribution in [-0.2, 0) is 6.54 Å². The summed E-state index contributed by atoms with van der Waals surface area (Å²) in [5, 5.41) is 6.67. The molecule has 3 rings (SSSR count). The molecule has 1 aliphatic rings. The van der Waals surface area contributed by atoms with Crippen LogP contribution in [0.5, 0.6) is 0 Å². The van der Waals surface area contributed by atoms with Crippen LogP contribution in [-0.4, -0.2) is 60.0 Å². The van der Waals surface area contributed by atoms with E-state index in [0.717, 1.165) is 42.0 Å². The topological polar surface area (TPSA) is 56.3 Å². The Hall–Kier alpha value is -1.70. The molecule has 1 aromatic carbocycles. The maximum atomic E-state index is 4.59. The van der Waals surface area contributed by atoms with Crippen molar-refractivity contribution in [2.45, 2.75) is 25.8 Å². The third-order valence-electron chi connectivity index (χ3n) is 4.63. The van der Waals surface area contributed by atoms with E-state index < -0.39 is 0 Å². The third kappa shape index (κ3) is 6.45. The lowest BCUT2D eigenvalue weighted by molar-refractivity contribution is 0.331. The first-order valence-electron chi connectivity index (χ1n) is 9.59. The van der Waals surface area contributed by atoms with Crippen molar-refractivity contribution in [3.8, 4) is 0 Å². The molecule has 0 atom stereocenters. The lowest BCUT2D eigenvalue weighted by atomic mass is 10.2. The van der Waals surface area contributed by atoms with E-state index in [4.69, 9.17) is 0 Å². The predicted octanol–water partition coefficient (Wildman–Crippen LogP) is 3.94. The molecule has 6 nitrogen and oxygen atoms in total. The number of likely N-dealkylation sites (tertiary alicyclic amines) is 1. The molecule has 0 bridgehead atoms. The van der Waals surface area contributed by atoms with Crippen molar-refractivity contribution in [3.63, 3.8) is 0 Å². The van der Waals surface area contributed by atoms with Crippen LogP contribution in [0.15, 0.2) is 34.9 Å². The van der Waals surface area contributed by atoms with Crippen LogP contribution >= 0.6 is 15.9 Å². The minimum Gasteiger partial charge on any atom is -0.369 e. The molecule has 0 unspecified atom stereocenters. The van der Waals surface area contributed by atoms with Gasteiger partial charge in [-0.3, -0.25) is 4.90 Å². The van der Waals surface area contributed by atoms with E-state index in [0.29, 0.717) is 5.95 Å². The standard InChI is InChI=1S/C20H29BrN6/c1-26(2)11-5-10-22-19-18(21)14-23-20(25-19)24-17-8-6-16(7-9-17)15-27-12-3-4-13-27/h6-9,14H,3-5,10-13,15H2,1-2H3,(H2,22,23,24,25). The lowest BCUT2D eigenvalue weighted by Crippen LogP contribution is -2.18. The van der Waals surface area contributed by atoms with Crippen molar-refractivity contribution in [3.05, 3.63) is 40.5 Å². The molecule has 2 heterocycles. The number of aromatic nitrogens is 2. The van der Waals surface area contributed by atoms with Gasteiger partial charge in [0.15, 0.2) is 0 Å². The van der Waals surface area contributed by atoms with Crippen LogP contribution in [0.25, 0.3) is 0 Å². The highest BCUT2D eigenvalue weighted by molar-refractivity contribution is 9.10. The zero-order chi connectivity index (χ0) is 19.1. The molecule has 0 aliphatic carbocycles. The van der Waals surface area contributed by atoms with Crippen molar-refractivity contribution < 1.29 is 0 Å². The summed E-state index contributed by atoms with van der Waals surface area (Å²) in [6.45, 7) is 5.40. The second kappa shape index (κ2) is 10.0. The van der Waals surface area contributed by atoms with Gasteiger partial charge in [0.05, 0.1) is 4.47 Å². The smallest absolute Gasteiger partial charge is 0.229 e. The van der Waals surface area contributed by atoms with Gasteiger partial charge in [0, 0.05) is 25.0 Å². The minimum absolute atomic E-state index is 0.598. The van der Waals surface area contributed by atoms with E-state index in [1.807, 2.05) is 0 Å². The van der Waals surface area contributed by atoms with E-state index in [1.54, 1.807) is 6.20 Å². The van der Waals surface area contributed by atoms with Crippen LogP contribution in [0.3, 0.4) is 0 Å². The number of nitrogens with one attached hydrogen (secondary N) is 2. The Labute approximate surface area is 170 Å². The second-order valence-electron chi connectivity index (χ2n) is 7.28. The molecular formula is C20H29BrN6. The average molecular weight is 433 g/mol. The van der Waals surface area contributed by atoms with Gasteiger partial charge in [0.2, 0.25) is 5.95 Å². The van der Waals surface area contributed by atoms with Gasteiger partial charge in [0.1, 0.15) is 5.82 Å². The van der Waals surface area contributed by atoms with Crippen molar-refractivity contribution in [1.29, 1.82) is 0 Å². The van der Waals surface area contributed by atoms with Gasteiger partial charge in [0.25, 0.3) is 0 Å². The fourth-order valence-corrected chi connectivity index (χ4v) is 3.51. The maximum Gasteiger partial charge on any atom is 0.229 e. The molecule has 0 saturated carbocycles. The number of halogens is 1. The molecule has 1 fully saturated rings. The van der Waals surface area contributed by atoms with Crippen LogP contribution in [0.4, 0.5) is 17.5 Å². The fourth-order valence-electron chi connectivity index (χ4n) is 3.17. The van der Waals surface area contributed by atoms with Gasteiger partial charge in [-0.05, 0) is 86.6 Å². The highest BCUT2D eigenvalue weighted by Gasteiger charge is 2.11. The quantitative estimate of drug-likeness (QED) is 0.585. The summed E-state index contributed by atoms with van der Waals surface area (Å²) in [5.41, 5.74) is 2.35. The van der Waals surface area contributed by atoms with E-state index in [-0.39, 0.29) is 0 Å². The Morgan fingerprint density at radius 2 is 1.89 bits per heavy atom. The summed E-state index contributed by atoms with van der Waals surface area (Å²) in [5.74, 6) is 1.41. The Morgan fingerprint density at radius 3 is 2.59 bits per heavy atom. The highest BCUT2D eigenvalue weighted by Crippen LogP contribution is 2.22. The Balaban J connectivity index is 1.55. The molecule has 7 heteroatoms. The molecule has 0 radical (unpaired) electrons. The Kier molecular flexibility index (Phi) is 7.43. The van der Waals surface area contributed by atoms with E-state index >= 15 is 0 Å². The highest BCUT2D eigenvalue weighted by atomic mass is 79.9. The number of hydrogen-bond donors (Lipinski definition) is 2. The minimum atomic E-state index is 0.598. The van der Waals surface area contributed by atoms with E-state index in [9.17, 15) is 0 Å². The number of benzene rings is 1. The summed E-state index contributed by atoms with van der Waals surface area (Å²) >= 11 is 3.52. The van der Waals surface area contributed by atoms with Gasteiger partial charge in [-0.25, -0.2) is 4.98 Å². The molecule has 2 N–H and O–H groups in total. The zero-order valence-electron chi connectivity index (χ0n) is 16.2. The van der Waals surface area contributed by atoms with Gasteiger partial charge in [-0.1, -0.05) is 12.1 Å². The molecule has 1 aromatic heterocycles. The normalized spacial score (nSPS) is 14.7. The maximum absolute atomic E-state index is 4.59. The predicted molar refractivity (Wildman–Crippen MR) is 116 cm³/mol. The van der Waals surface area contributed by atoms with Crippen molar-refractivity contribution >= 4 is 33.4 Å². The molecule has 0 spiro atoms. The molecule has 2 aromatic rings. The van der Waals surface area contributed by atoms with Crippen LogP contribution < -0.4 is 10.6 Å². The first kappa shape index (κ1) is 20.0. The summed E-state index contributed by atoms with van der Waals surface area (Å²) < 4.78 is 0.874. The summed E-state index contributed by atoms with van der Waals surface area (Å²) in [4.78, 5) is 13.6. The second-order valence-corrected chi connectivity index (χ2v) is 8.13. The average Bonchev–Trinajstić information content (AvgIpc) is 3.16. The van der Waals surface area contributed by atoms with Crippen molar-refractivity contribution in [2.75, 3.05) is 50.9 Å². The van der Waals surface area contributed by atoms with Crippen molar-refractivity contribution in [1.82, 2.24) is 19.8 Å². The molecule has 0 amide bonds. The van der Waals surface area contributed by atoms with E-state index in [2.05, 4.69) is 84.7 Å². The largest absolute Gasteiger partial charge is 0.369 e. The zero-order valence-corrected chi connectivity index (χ0v) is 17.8. The molecule has 1 saturated heterocycles. The van der Waals surface area contributed by atoms with Crippen LogP contribution in [0.2, 0.25) is 0 Å². The van der Waals surface area contributed by atoms with Crippen LogP contribution in [0.1, 0.15) is 24.8 Å². The van der Waals surface area contributed by atoms with E-state index in [1.165, 1.54) is 31.5 Å². The number of rotatable bonds is 9. The summed E-state index contributed by atoms with van der Waals surface area (Å²) in [6.07, 6.45) is 5.49. The monoisotopic (exact) mass is 432 g/mol. The fraction of sp³-hybridized carbons (Fsp3) is 0.500. The molecule has 1 aliphatic heterocycles. The van der Waals surface area contributed by atoms with Crippen LogP contribution in [0, 0.1) is 0 Å². The molecular weight excluding hydrogens is 404 g/mol. The number of anilines is 3. The summed E-state index contributed by atoms with van der Waals surface area (Å²) in [7, 11) is 4.16. The first-order valence-corrected chi connectivity index (χ1v) is 10.4.